The van der Waals surface area contributed by atoms with Crippen LogP contribution >= 0.6 is 7.82 Å². The molecule has 8 nitrogen and oxygen atoms in total. The Balaban J connectivity index is 3.98. The molecule has 3 unspecified atom stereocenters. The van der Waals surface area contributed by atoms with Crippen molar-refractivity contribution in [2.24, 2.45) is 0 Å². The number of phosphoric ester groups is 1. The summed E-state index contributed by atoms with van der Waals surface area (Å²) in [6, 6.07) is -0.796. The molecule has 0 aromatic heterocycles. The number of aliphatic hydroxyl groups excluding tert-OH is 1. The van der Waals surface area contributed by atoms with E-state index >= 15 is 0 Å². The number of likely N-dealkylation sites (N-methyl/N-ethyl adjacent to an activating group) is 1. The van der Waals surface area contributed by atoms with Gasteiger partial charge in [-0.15, -0.1) is 0 Å². The van der Waals surface area contributed by atoms with Crippen LogP contribution in [0.4, 0.5) is 0 Å². The number of carbonyl (C=O) groups excluding carboxylic acids is 1. The molecular weight excluding hydrogens is 960 g/mol. The normalized spacial score (nSPS) is 13.6. The zero-order valence-electron chi connectivity index (χ0n) is 52.3. The number of aliphatic hydroxyl groups is 1. The highest BCUT2D eigenvalue weighted by Crippen LogP contribution is 2.38. The summed E-state index contributed by atoms with van der Waals surface area (Å²) in [6.07, 6.45) is 73.2. The molecule has 0 rings (SSSR count). The summed E-state index contributed by atoms with van der Waals surface area (Å²) >= 11 is 0. The summed E-state index contributed by atoms with van der Waals surface area (Å²) in [7, 11) is 1.33. The molecule has 1 amide bonds. The summed E-state index contributed by atoms with van der Waals surface area (Å²) in [5.74, 6) is -0.154. The van der Waals surface area contributed by atoms with Crippen LogP contribution in [0.25, 0.3) is 0 Å². The number of amides is 1. The SMILES string of the molecule is CCCCCCCCCCCCCCCCCCCCCCCCCCCCCCCCCC(=O)NC(COP(=O)([O-])OCC[N+](C)(C)C)C(O)CCCCCCCCCCCCCCCCCCCCCCCCC. The third-order valence-corrected chi connectivity index (χ3v) is 17.3. The summed E-state index contributed by atoms with van der Waals surface area (Å²) in [5, 5.41) is 14.1. The first-order valence-electron chi connectivity index (χ1n) is 34.4. The van der Waals surface area contributed by atoms with Crippen LogP contribution in [0.2, 0.25) is 0 Å². The molecule has 0 heterocycles. The molecule has 0 spiro atoms. The Morgan fingerprint density at radius 2 is 0.645 bits per heavy atom. The maximum Gasteiger partial charge on any atom is 0.268 e. The van der Waals surface area contributed by atoms with Gasteiger partial charge in [0.25, 0.3) is 7.82 Å². The second-order valence-corrected chi connectivity index (χ2v) is 26.7. The molecular formula is C67H137N2O6P. The minimum absolute atomic E-state index is 0.0169. The van der Waals surface area contributed by atoms with Crippen molar-refractivity contribution in [3.05, 3.63) is 0 Å². The lowest BCUT2D eigenvalue weighted by Crippen LogP contribution is -2.46. The highest BCUT2D eigenvalue weighted by molar-refractivity contribution is 7.45. The van der Waals surface area contributed by atoms with Gasteiger partial charge in [0.2, 0.25) is 5.91 Å². The van der Waals surface area contributed by atoms with Crippen molar-refractivity contribution in [2.75, 3.05) is 40.9 Å². The lowest BCUT2D eigenvalue weighted by atomic mass is 10.0. The Morgan fingerprint density at radius 3 is 0.895 bits per heavy atom. The fraction of sp³-hybridized carbons (Fsp3) is 0.985. The van der Waals surface area contributed by atoms with E-state index in [0.717, 1.165) is 38.5 Å². The molecule has 0 aliphatic heterocycles. The van der Waals surface area contributed by atoms with Gasteiger partial charge in [-0.1, -0.05) is 354 Å². The van der Waals surface area contributed by atoms with Crippen molar-refractivity contribution < 1.29 is 32.9 Å². The van der Waals surface area contributed by atoms with Crippen molar-refractivity contribution >= 4 is 13.7 Å². The predicted octanol–water partition coefficient (Wildman–Crippen LogP) is 20.9. The van der Waals surface area contributed by atoms with Crippen molar-refractivity contribution in [1.29, 1.82) is 0 Å². The number of unbranched alkanes of at least 4 members (excludes halogenated alkanes) is 52. The highest BCUT2D eigenvalue weighted by atomic mass is 31.2. The van der Waals surface area contributed by atoms with Gasteiger partial charge in [0, 0.05) is 6.42 Å². The average molecular weight is 1100 g/mol. The Hall–Kier alpha value is -0.500. The molecule has 3 atom stereocenters. The summed E-state index contributed by atoms with van der Waals surface area (Å²) in [4.78, 5) is 25.6. The monoisotopic (exact) mass is 1100 g/mol. The molecule has 9 heteroatoms. The summed E-state index contributed by atoms with van der Waals surface area (Å²) in [6.45, 7) is 4.80. The zero-order chi connectivity index (χ0) is 55.6. The van der Waals surface area contributed by atoms with Crippen molar-refractivity contribution in [3.8, 4) is 0 Å². The van der Waals surface area contributed by atoms with Gasteiger partial charge in [0.05, 0.1) is 39.9 Å². The number of carbonyl (C=O) groups is 1. The lowest BCUT2D eigenvalue weighted by Gasteiger charge is -2.30. The topological polar surface area (TPSA) is 108 Å². The molecule has 2 N–H and O–H groups in total. The molecule has 0 saturated carbocycles. The Kier molecular flexibility index (Phi) is 58.7. The van der Waals surface area contributed by atoms with Crippen molar-refractivity contribution in [1.82, 2.24) is 5.32 Å². The van der Waals surface area contributed by atoms with E-state index in [4.69, 9.17) is 9.05 Å². The van der Waals surface area contributed by atoms with Gasteiger partial charge in [-0.3, -0.25) is 9.36 Å². The second-order valence-electron chi connectivity index (χ2n) is 25.3. The van der Waals surface area contributed by atoms with Crippen LogP contribution in [0.15, 0.2) is 0 Å². The van der Waals surface area contributed by atoms with Gasteiger partial charge in [0.1, 0.15) is 13.2 Å². The van der Waals surface area contributed by atoms with Crippen LogP contribution in [-0.2, 0) is 18.4 Å². The van der Waals surface area contributed by atoms with Crippen molar-refractivity contribution in [3.63, 3.8) is 0 Å². The third-order valence-electron chi connectivity index (χ3n) is 16.3. The predicted molar refractivity (Wildman–Crippen MR) is 330 cm³/mol. The number of hydrogen-bond donors (Lipinski definition) is 2. The van der Waals surface area contributed by atoms with Crippen LogP contribution < -0.4 is 10.2 Å². The first-order chi connectivity index (χ1) is 37.0. The van der Waals surface area contributed by atoms with Gasteiger partial charge in [-0.2, -0.15) is 0 Å². The van der Waals surface area contributed by atoms with Crippen LogP contribution in [0.5, 0.6) is 0 Å². The van der Waals surface area contributed by atoms with E-state index in [1.54, 1.807) is 0 Å². The van der Waals surface area contributed by atoms with E-state index < -0.39 is 20.0 Å². The van der Waals surface area contributed by atoms with E-state index in [-0.39, 0.29) is 19.1 Å². The molecule has 0 bridgehead atoms. The van der Waals surface area contributed by atoms with E-state index in [2.05, 4.69) is 19.2 Å². The molecule has 0 aromatic rings. The van der Waals surface area contributed by atoms with Gasteiger partial charge in [-0.25, -0.2) is 0 Å². The number of nitrogens with one attached hydrogen (secondary N) is 1. The summed E-state index contributed by atoms with van der Waals surface area (Å²) in [5.41, 5.74) is 0. The zero-order valence-corrected chi connectivity index (χ0v) is 53.2. The van der Waals surface area contributed by atoms with Gasteiger partial charge in [-0.05, 0) is 12.8 Å². The van der Waals surface area contributed by atoms with Gasteiger partial charge < -0.3 is 28.8 Å². The van der Waals surface area contributed by atoms with Gasteiger partial charge >= 0.3 is 0 Å². The second kappa shape index (κ2) is 59.1. The molecule has 0 aromatic carbocycles. The largest absolute Gasteiger partial charge is 0.756 e. The highest BCUT2D eigenvalue weighted by Gasteiger charge is 2.24. The standard InChI is InChI=1S/C67H137N2O6P/c1-6-8-10-12-14-16-18-20-22-24-26-28-30-31-32-33-34-35-36-37-39-41-43-45-47-49-51-53-55-57-59-61-67(71)68-65(64-75-76(72,73)74-63-62-69(3,4)5)66(70)60-58-56-54-52-50-48-46-44-42-40-38-29-27-25-23-21-19-17-15-13-11-9-7-2/h65-66,70H,6-64H2,1-5H3,(H-,68,71,72,73). The minimum atomic E-state index is -4.57. The number of rotatable bonds is 65. The molecule has 0 saturated heterocycles. The van der Waals surface area contributed by atoms with E-state index in [9.17, 15) is 19.4 Å². The number of phosphoric acid groups is 1. The molecule has 456 valence electrons. The van der Waals surface area contributed by atoms with E-state index in [0.29, 0.717) is 23.9 Å². The average Bonchev–Trinajstić information content (AvgIpc) is 3.38. The first kappa shape index (κ1) is 75.5. The maximum atomic E-state index is 13.0. The fourth-order valence-electron chi connectivity index (χ4n) is 11.0. The van der Waals surface area contributed by atoms with E-state index in [1.165, 1.54) is 308 Å². The Morgan fingerprint density at radius 1 is 0.408 bits per heavy atom. The quantitative estimate of drug-likeness (QED) is 0.0357. The van der Waals surface area contributed by atoms with Gasteiger partial charge in [0.15, 0.2) is 0 Å². The fourth-order valence-corrected chi connectivity index (χ4v) is 11.7. The molecule has 76 heavy (non-hydrogen) atoms. The van der Waals surface area contributed by atoms with Crippen molar-refractivity contribution in [2.45, 2.75) is 386 Å². The van der Waals surface area contributed by atoms with Crippen LogP contribution in [0, 0.1) is 0 Å². The number of quaternary nitrogens is 1. The molecule has 0 aliphatic rings. The third kappa shape index (κ3) is 61.1. The van der Waals surface area contributed by atoms with Crippen LogP contribution in [-0.4, -0.2) is 68.5 Å². The maximum absolute atomic E-state index is 13.0. The van der Waals surface area contributed by atoms with Crippen LogP contribution in [0.3, 0.4) is 0 Å². The van der Waals surface area contributed by atoms with E-state index in [1.807, 2.05) is 21.1 Å². The molecule has 0 aliphatic carbocycles. The Bertz CT molecular complexity index is 1200. The Labute approximate surface area is 476 Å². The first-order valence-corrected chi connectivity index (χ1v) is 35.8. The smallest absolute Gasteiger partial charge is 0.268 e. The minimum Gasteiger partial charge on any atom is -0.756 e. The molecule has 0 fully saturated rings. The number of hydrogen-bond acceptors (Lipinski definition) is 6. The molecule has 0 radical (unpaired) electrons. The van der Waals surface area contributed by atoms with Crippen LogP contribution in [0.1, 0.15) is 373 Å². The lowest BCUT2D eigenvalue weighted by molar-refractivity contribution is -0.870. The summed E-state index contributed by atoms with van der Waals surface area (Å²) < 4.78 is 23.5. The number of nitrogens with zero attached hydrogens (tertiary/aromatic N) is 1.